The zero-order chi connectivity index (χ0) is 11.7. The zero-order valence-electron chi connectivity index (χ0n) is 10.2. The van der Waals surface area contributed by atoms with Gasteiger partial charge in [-0.15, -0.1) is 0 Å². The molecule has 3 aliphatic heterocycles. The second-order valence-electron chi connectivity index (χ2n) is 5.23. The molecule has 17 heavy (non-hydrogen) atoms. The summed E-state index contributed by atoms with van der Waals surface area (Å²) in [5.41, 5.74) is 0. The quantitative estimate of drug-likeness (QED) is 0.671. The van der Waals surface area contributed by atoms with Gasteiger partial charge in [-0.05, 0) is 25.8 Å². The lowest BCUT2D eigenvalue weighted by Gasteiger charge is -2.26. The number of rotatable bonds is 2. The van der Waals surface area contributed by atoms with E-state index in [0.29, 0.717) is 25.3 Å². The summed E-state index contributed by atoms with van der Waals surface area (Å²) in [4.78, 5) is 14.6. The average Bonchev–Trinajstić information content (AvgIpc) is 2.95. The van der Waals surface area contributed by atoms with Crippen molar-refractivity contribution in [3.8, 4) is 0 Å². The summed E-state index contributed by atoms with van der Waals surface area (Å²) in [5, 5.41) is 6.40. The first-order valence-electron chi connectivity index (χ1n) is 6.70. The highest BCUT2D eigenvalue weighted by Gasteiger charge is 2.38. The number of hydrogen-bond acceptors (Lipinski definition) is 4. The van der Waals surface area contributed by atoms with Crippen molar-refractivity contribution in [2.24, 2.45) is 0 Å². The van der Waals surface area contributed by atoms with Crippen molar-refractivity contribution < 1.29 is 9.53 Å². The second kappa shape index (κ2) is 4.92. The molecule has 1 amide bonds. The molecule has 3 rings (SSSR count). The van der Waals surface area contributed by atoms with E-state index in [4.69, 9.17) is 4.74 Å². The van der Waals surface area contributed by atoms with Crippen molar-refractivity contribution in [1.29, 1.82) is 0 Å². The largest absolute Gasteiger partial charge is 0.378 e. The lowest BCUT2D eigenvalue weighted by molar-refractivity contribution is -0.126. The molecule has 5 nitrogen and oxygen atoms in total. The Morgan fingerprint density at radius 2 is 2.29 bits per heavy atom. The maximum Gasteiger partial charge on any atom is 0.239 e. The van der Waals surface area contributed by atoms with Gasteiger partial charge in [-0.2, -0.15) is 0 Å². The minimum Gasteiger partial charge on any atom is -0.378 e. The van der Waals surface area contributed by atoms with E-state index < -0.39 is 0 Å². The predicted molar refractivity (Wildman–Crippen MR) is 63.8 cm³/mol. The molecule has 2 N–H and O–H groups in total. The molecule has 3 atom stereocenters. The molecule has 0 aromatic carbocycles. The van der Waals surface area contributed by atoms with E-state index >= 15 is 0 Å². The first kappa shape index (κ1) is 11.4. The topological polar surface area (TPSA) is 53.6 Å². The second-order valence-corrected chi connectivity index (χ2v) is 5.23. The van der Waals surface area contributed by atoms with Gasteiger partial charge in [-0.25, -0.2) is 0 Å². The van der Waals surface area contributed by atoms with Crippen LogP contribution in [0.15, 0.2) is 0 Å². The number of morpholine rings is 1. The molecular weight excluding hydrogens is 218 g/mol. The molecule has 0 aromatic rings. The molecule has 3 unspecified atom stereocenters. The summed E-state index contributed by atoms with van der Waals surface area (Å²) in [6, 6.07) is 0.788. The predicted octanol–water partition coefficient (Wildman–Crippen LogP) is -0.672. The van der Waals surface area contributed by atoms with Crippen molar-refractivity contribution in [2.75, 3.05) is 32.8 Å². The third-order valence-corrected chi connectivity index (χ3v) is 4.17. The fourth-order valence-electron chi connectivity index (χ4n) is 3.27. The van der Waals surface area contributed by atoms with Crippen LogP contribution < -0.4 is 10.6 Å². The lowest BCUT2D eigenvalue weighted by Crippen LogP contribution is -2.54. The van der Waals surface area contributed by atoms with E-state index in [1.165, 1.54) is 19.4 Å². The molecule has 96 valence electrons. The van der Waals surface area contributed by atoms with Gasteiger partial charge in [0, 0.05) is 25.2 Å². The molecule has 3 saturated heterocycles. The third kappa shape index (κ3) is 2.32. The SMILES string of the molecule is O=C(NC1CCN2CCCC12)C1COCCN1. The highest BCUT2D eigenvalue weighted by Crippen LogP contribution is 2.27. The van der Waals surface area contributed by atoms with Crippen LogP contribution in [-0.4, -0.2) is 61.8 Å². The number of amides is 1. The van der Waals surface area contributed by atoms with Crippen LogP contribution >= 0.6 is 0 Å². The van der Waals surface area contributed by atoms with Crippen LogP contribution in [0.5, 0.6) is 0 Å². The van der Waals surface area contributed by atoms with E-state index in [0.717, 1.165) is 19.5 Å². The molecule has 0 saturated carbocycles. The van der Waals surface area contributed by atoms with Crippen LogP contribution in [0.1, 0.15) is 19.3 Å². The smallest absolute Gasteiger partial charge is 0.239 e. The van der Waals surface area contributed by atoms with Crippen LogP contribution in [0.4, 0.5) is 0 Å². The number of carbonyl (C=O) groups is 1. The van der Waals surface area contributed by atoms with Gasteiger partial charge in [0.1, 0.15) is 6.04 Å². The van der Waals surface area contributed by atoms with Gasteiger partial charge in [0.15, 0.2) is 0 Å². The Morgan fingerprint density at radius 3 is 3.12 bits per heavy atom. The van der Waals surface area contributed by atoms with E-state index in [2.05, 4.69) is 15.5 Å². The summed E-state index contributed by atoms with van der Waals surface area (Å²) in [6.07, 6.45) is 3.62. The van der Waals surface area contributed by atoms with Crippen molar-refractivity contribution in [3.63, 3.8) is 0 Å². The Labute approximate surface area is 102 Å². The van der Waals surface area contributed by atoms with Gasteiger partial charge in [-0.1, -0.05) is 0 Å². The number of ether oxygens (including phenoxy) is 1. The first-order chi connectivity index (χ1) is 8.34. The van der Waals surface area contributed by atoms with Crippen LogP contribution in [0.3, 0.4) is 0 Å². The van der Waals surface area contributed by atoms with E-state index in [9.17, 15) is 4.79 Å². The van der Waals surface area contributed by atoms with Gasteiger partial charge in [0.05, 0.1) is 13.2 Å². The monoisotopic (exact) mass is 239 g/mol. The number of nitrogens with one attached hydrogen (secondary N) is 2. The molecule has 0 radical (unpaired) electrons. The fraction of sp³-hybridized carbons (Fsp3) is 0.917. The van der Waals surface area contributed by atoms with Gasteiger partial charge in [0.25, 0.3) is 0 Å². The summed E-state index contributed by atoms with van der Waals surface area (Å²) < 4.78 is 5.32. The molecule has 0 bridgehead atoms. The van der Waals surface area contributed by atoms with E-state index in [1.54, 1.807) is 0 Å². The highest BCUT2D eigenvalue weighted by atomic mass is 16.5. The summed E-state index contributed by atoms with van der Waals surface area (Å²) in [7, 11) is 0. The molecule has 3 fully saturated rings. The molecule has 3 aliphatic rings. The lowest BCUT2D eigenvalue weighted by atomic mass is 10.1. The maximum atomic E-state index is 12.1. The number of fused-ring (bicyclic) bond motifs is 1. The minimum atomic E-state index is -0.154. The Morgan fingerprint density at radius 1 is 1.35 bits per heavy atom. The maximum absolute atomic E-state index is 12.1. The molecular formula is C12H21N3O2. The average molecular weight is 239 g/mol. The van der Waals surface area contributed by atoms with Crippen LogP contribution in [-0.2, 0) is 9.53 Å². The van der Waals surface area contributed by atoms with E-state index in [1.807, 2.05) is 0 Å². The van der Waals surface area contributed by atoms with Gasteiger partial charge in [0.2, 0.25) is 5.91 Å². The molecule has 0 aliphatic carbocycles. The molecule has 0 spiro atoms. The number of carbonyl (C=O) groups excluding carboxylic acids is 1. The normalized spacial score (nSPS) is 38.0. The number of nitrogens with zero attached hydrogens (tertiary/aromatic N) is 1. The van der Waals surface area contributed by atoms with Crippen LogP contribution in [0, 0.1) is 0 Å². The fourth-order valence-corrected chi connectivity index (χ4v) is 3.27. The highest BCUT2D eigenvalue weighted by molar-refractivity contribution is 5.82. The molecule has 5 heteroatoms. The van der Waals surface area contributed by atoms with Crippen LogP contribution in [0.25, 0.3) is 0 Å². The van der Waals surface area contributed by atoms with Gasteiger partial charge < -0.3 is 15.4 Å². The van der Waals surface area contributed by atoms with Crippen molar-refractivity contribution in [3.05, 3.63) is 0 Å². The van der Waals surface area contributed by atoms with Crippen molar-refractivity contribution >= 4 is 5.91 Å². The van der Waals surface area contributed by atoms with E-state index in [-0.39, 0.29) is 11.9 Å². The molecule has 0 aromatic heterocycles. The minimum absolute atomic E-state index is 0.114. The number of hydrogen-bond donors (Lipinski definition) is 2. The Bertz CT molecular complexity index is 291. The van der Waals surface area contributed by atoms with Gasteiger partial charge in [-0.3, -0.25) is 9.69 Å². The van der Waals surface area contributed by atoms with Crippen molar-refractivity contribution in [2.45, 2.75) is 37.4 Å². The van der Waals surface area contributed by atoms with Gasteiger partial charge >= 0.3 is 0 Å². The standard InChI is InChI=1S/C12H21N3O2/c16-12(10-8-17-7-4-13-10)14-9-3-6-15-5-1-2-11(9)15/h9-11,13H,1-8H2,(H,14,16). The summed E-state index contributed by atoms with van der Waals surface area (Å²) in [6.45, 7) is 4.35. The zero-order valence-corrected chi connectivity index (χ0v) is 10.2. The Balaban J connectivity index is 1.54. The first-order valence-corrected chi connectivity index (χ1v) is 6.70. The van der Waals surface area contributed by atoms with Crippen molar-refractivity contribution in [1.82, 2.24) is 15.5 Å². The van der Waals surface area contributed by atoms with Crippen LogP contribution in [0.2, 0.25) is 0 Å². The summed E-state index contributed by atoms with van der Waals surface area (Å²) >= 11 is 0. The third-order valence-electron chi connectivity index (χ3n) is 4.17. The molecule has 3 heterocycles. The Kier molecular flexibility index (Phi) is 3.31. The Hall–Kier alpha value is -0.650. The summed E-state index contributed by atoms with van der Waals surface area (Å²) in [5.74, 6) is 0.114.